The van der Waals surface area contributed by atoms with Gasteiger partial charge < -0.3 is 5.11 Å². The number of aliphatic hydroxyl groups is 1. The molecule has 0 aromatic carbocycles. The summed E-state index contributed by atoms with van der Waals surface area (Å²) in [6.07, 6.45) is 0.809. The number of aliphatic hydroxyl groups excluding tert-OH is 1. The molecule has 1 unspecified atom stereocenters. The molecule has 14 heavy (non-hydrogen) atoms. The molecule has 5 heteroatoms. The van der Waals surface area contributed by atoms with Crippen LogP contribution in [0.4, 0.5) is 0 Å². The molecule has 0 saturated carbocycles. The lowest BCUT2D eigenvalue weighted by molar-refractivity contribution is 0.194. The highest BCUT2D eigenvalue weighted by Crippen LogP contribution is 2.12. The summed E-state index contributed by atoms with van der Waals surface area (Å²) >= 11 is 0. The molecule has 72 valence electrons. The Morgan fingerprint density at radius 2 is 2.29 bits per heavy atom. The predicted molar refractivity (Wildman–Crippen MR) is 50.8 cm³/mol. The number of nitrogens with one attached hydrogen (secondary N) is 1. The molecule has 2 aromatic rings. The average molecular weight is 191 g/mol. The van der Waals surface area contributed by atoms with Crippen molar-refractivity contribution in [3.63, 3.8) is 0 Å². The first-order chi connectivity index (χ1) is 6.66. The molecular formula is C9H9N3O2. The van der Waals surface area contributed by atoms with Crippen LogP contribution in [0.2, 0.25) is 0 Å². The van der Waals surface area contributed by atoms with E-state index in [0.717, 1.165) is 5.39 Å². The molecule has 0 fully saturated rings. The number of aromatic nitrogens is 3. The average Bonchev–Trinajstić information content (AvgIpc) is 2.16. The van der Waals surface area contributed by atoms with Crippen LogP contribution in [0.15, 0.2) is 23.1 Å². The molecule has 5 nitrogen and oxygen atoms in total. The van der Waals surface area contributed by atoms with Gasteiger partial charge >= 0.3 is 5.69 Å². The van der Waals surface area contributed by atoms with E-state index < -0.39 is 11.8 Å². The van der Waals surface area contributed by atoms with Gasteiger partial charge in [0.25, 0.3) is 0 Å². The zero-order valence-electron chi connectivity index (χ0n) is 7.56. The number of nitrogens with zero attached hydrogens (tertiary/aromatic N) is 2. The van der Waals surface area contributed by atoms with E-state index in [1.165, 1.54) is 6.20 Å². The fraction of sp³-hybridized carbons (Fsp3) is 0.222. The van der Waals surface area contributed by atoms with Crippen LogP contribution in [0.3, 0.4) is 0 Å². The van der Waals surface area contributed by atoms with E-state index in [2.05, 4.69) is 15.0 Å². The summed E-state index contributed by atoms with van der Waals surface area (Å²) < 4.78 is 0. The molecule has 0 aliphatic heterocycles. The van der Waals surface area contributed by atoms with Crippen molar-refractivity contribution in [2.45, 2.75) is 13.0 Å². The van der Waals surface area contributed by atoms with Crippen molar-refractivity contribution in [1.29, 1.82) is 0 Å². The third-order valence-electron chi connectivity index (χ3n) is 1.92. The molecule has 0 bridgehead atoms. The second-order valence-electron chi connectivity index (χ2n) is 3.04. The molecule has 0 spiro atoms. The van der Waals surface area contributed by atoms with Crippen molar-refractivity contribution in [2.75, 3.05) is 0 Å². The summed E-state index contributed by atoms with van der Waals surface area (Å²) in [4.78, 5) is 21.0. The number of H-pyrrole nitrogens is 1. The number of pyridine rings is 1. The molecule has 2 aromatic heterocycles. The van der Waals surface area contributed by atoms with Gasteiger partial charge in [-0.2, -0.15) is 0 Å². The van der Waals surface area contributed by atoms with Crippen molar-refractivity contribution >= 4 is 11.0 Å². The van der Waals surface area contributed by atoms with Gasteiger partial charge in [-0.25, -0.2) is 14.8 Å². The number of rotatable bonds is 1. The predicted octanol–water partition coefficient (Wildman–Crippen LogP) is 0.371. The highest BCUT2D eigenvalue weighted by molar-refractivity contribution is 5.73. The van der Waals surface area contributed by atoms with E-state index in [0.29, 0.717) is 11.3 Å². The molecule has 2 rings (SSSR count). The second kappa shape index (κ2) is 3.19. The number of fused-ring (bicyclic) bond motifs is 1. The van der Waals surface area contributed by atoms with Crippen LogP contribution in [-0.2, 0) is 0 Å². The van der Waals surface area contributed by atoms with Crippen molar-refractivity contribution in [1.82, 2.24) is 15.0 Å². The van der Waals surface area contributed by atoms with Gasteiger partial charge in [0.05, 0.1) is 11.8 Å². The SMILES string of the molecule is CC(O)c1ccc2cnc(=O)[nH]c2n1. The normalized spacial score (nSPS) is 13.0. The minimum absolute atomic E-state index is 0.437. The summed E-state index contributed by atoms with van der Waals surface area (Å²) in [6, 6.07) is 3.46. The van der Waals surface area contributed by atoms with Crippen LogP contribution in [0.25, 0.3) is 11.0 Å². The quantitative estimate of drug-likeness (QED) is 0.682. The Kier molecular flexibility index (Phi) is 2.01. The monoisotopic (exact) mass is 191 g/mol. The Morgan fingerprint density at radius 1 is 1.50 bits per heavy atom. The van der Waals surface area contributed by atoms with Crippen molar-refractivity contribution in [3.05, 3.63) is 34.5 Å². The van der Waals surface area contributed by atoms with Crippen LogP contribution >= 0.6 is 0 Å². The minimum Gasteiger partial charge on any atom is -0.387 e. The summed E-state index contributed by atoms with van der Waals surface area (Å²) in [7, 11) is 0. The van der Waals surface area contributed by atoms with Crippen LogP contribution in [0.1, 0.15) is 18.7 Å². The van der Waals surface area contributed by atoms with E-state index in [1.54, 1.807) is 19.1 Å². The highest BCUT2D eigenvalue weighted by Gasteiger charge is 2.03. The second-order valence-corrected chi connectivity index (χ2v) is 3.04. The molecule has 0 amide bonds. The summed E-state index contributed by atoms with van der Waals surface area (Å²) in [5.41, 5.74) is 0.537. The summed E-state index contributed by atoms with van der Waals surface area (Å²) in [6.45, 7) is 1.62. The van der Waals surface area contributed by atoms with Gasteiger partial charge in [-0.05, 0) is 19.1 Å². The molecule has 2 N–H and O–H groups in total. The highest BCUT2D eigenvalue weighted by atomic mass is 16.3. The van der Waals surface area contributed by atoms with E-state index >= 15 is 0 Å². The molecular weight excluding hydrogens is 182 g/mol. The van der Waals surface area contributed by atoms with Gasteiger partial charge in [-0.3, -0.25) is 4.98 Å². The lowest BCUT2D eigenvalue weighted by atomic mass is 10.2. The van der Waals surface area contributed by atoms with E-state index in [-0.39, 0.29) is 0 Å². The lowest BCUT2D eigenvalue weighted by Gasteiger charge is -2.03. The van der Waals surface area contributed by atoms with Gasteiger partial charge in [-0.15, -0.1) is 0 Å². The fourth-order valence-electron chi connectivity index (χ4n) is 1.18. The van der Waals surface area contributed by atoms with Gasteiger partial charge in [0, 0.05) is 11.6 Å². The smallest absolute Gasteiger partial charge is 0.346 e. The minimum atomic E-state index is -0.643. The Balaban J connectivity index is 2.69. The Bertz CT molecular complexity index is 519. The number of hydrogen-bond acceptors (Lipinski definition) is 4. The van der Waals surface area contributed by atoms with Crippen LogP contribution in [-0.4, -0.2) is 20.1 Å². The third kappa shape index (κ3) is 1.49. The van der Waals surface area contributed by atoms with Gasteiger partial charge in [0.1, 0.15) is 5.65 Å². The van der Waals surface area contributed by atoms with E-state index in [9.17, 15) is 9.90 Å². The van der Waals surface area contributed by atoms with Crippen LogP contribution in [0, 0.1) is 0 Å². The van der Waals surface area contributed by atoms with Crippen LogP contribution in [0.5, 0.6) is 0 Å². The first-order valence-electron chi connectivity index (χ1n) is 4.21. The maximum atomic E-state index is 10.9. The van der Waals surface area contributed by atoms with Crippen LogP contribution < -0.4 is 5.69 Å². The first kappa shape index (κ1) is 8.83. The van der Waals surface area contributed by atoms with E-state index in [4.69, 9.17) is 0 Å². The standard InChI is InChI=1S/C9H9N3O2/c1-5(13)7-3-2-6-4-10-9(14)12-8(6)11-7/h2-5,13H,1H3,(H,10,11,12,14). The van der Waals surface area contributed by atoms with E-state index in [1.807, 2.05) is 0 Å². The summed E-state index contributed by atoms with van der Waals surface area (Å²) in [5, 5.41) is 10.0. The largest absolute Gasteiger partial charge is 0.387 e. The van der Waals surface area contributed by atoms with Gasteiger partial charge in [0.2, 0.25) is 0 Å². The van der Waals surface area contributed by atoms with Crippen molar-refractivity contribution < 1.29 is 5.11 Å². The molecule has 0 aliphatic carbocycles. The maximum absolute atomic E-state index is 10.9. The Hall–Kier alpha value is -1.75. The third-order valence-corrected chi connectivity index (χ3v) is 1.92. The zero-order chi connectivity index (χ0) is 10.1. The summed E-state index contributed by atoms with van der Waals surface area (Å²) in [5.74, 6) is 0. The lowest BCUT2D eigenvalue weighted by Crippen LogP contribution is -2.10. The molecule has 1 atom stereocenters. The molecule has 2 heterocycles. The number of aromatic amines is 1. The van der Waals surface area contributed by atoms with Gasteiger partial charge in [-0.1, -0.05) is 0 Å². The Labute approximate surface area is 79.5 Å². The molecule has 0 aliphatic rings. The molecule has 0 saturated heterocycles. The topological polar surface area (TPSA) is 78.9 Å². The van der Waals surface area contributed by atoms with Crippen molar-refractivity contribution in [2.24, 2.45) is 0 Å². The first-order valence-corrected chi connectivity index (χ1v) is 4.21. The van der Waals surface area contributed by atoms with Crippen molar-refractivity contribution in [3.8, 4) is 0 Å². The fourth-order valence-corrected chi connectivity index (χ4v) is 1.18. The zero-order valence-corrected chi connectivity index (χ0v) is 7.56. The maximum Gasteiger partial charge on any atom is 0.346 e. The Morgan fingerprint density at radius 3 is 3.00 bits per heavy atom. The van der Waals surface area contributed by atoms with Gasteiger partial charge in [0.15, 0.2) is 0 Å². The number of hydrogen-bond donors (Lipinski definition) is 2. The molecule has 0 radical (unpaired) electrons.